The zero-order valence-electron chi connectivity index (χ0n) is 26.2. The van der Waals surface area contributed by atoms with Gasteiger partial charge in [0.25, 0.3) is 5.91 Å². The quantitative estimate of drug-likeness (QED) is 0.172. The topological polar surface area (TPSA) is 99.6 Å². The highest BCUT2D eigenvalue weighted by molar-refractivity contribution is 6.05. The number of amides is 2. The molecule has 43 heavy (non-hydrogen) atoms. The highest BCUT2D eigenvalue weighted by Gasteiger charge is 2.75. The minimum atomic E-state index is -1.18. The van der Waals surface area contributed by atoms with Gasteiger partial charge in [0.2, 0.25) is 5.91 Å². The van der Waals surface area contributed by atoms with Gasteiger partial charge in [-0.1, -0.05) is 32.4 Å². The number of aliphatic hydroxyl groups is 1. The summed E-state index contributed by atoms with van der Waals surface area (Å²) in [7, 11) is 0. The molecule has 0 aliphatic carbocycles. The van der Waals surface area contributed by atoms with Crippen molar-refractivity contribution in [1.29, 1.82) is 0 Å². The van der Waals surface area contributed by atoms with Crippen LogP contribution in [0, 0.1) is 17.8 Å². The van der Waals surface area contributed by atoms with Crippen LogP contribution in [0.15, 0.2) is 49.6 Å². The normalized spacial score (nSPS) is 27.0. The van der Waals surface area contributed by atoms with Crippen molar-refractivity contribution < 1.29 is 29.0 Å². The van der Waals surface area contributed by atoms with E-state index < -0.39 is 41.6 Å². The molecular formula is C34H49N3O6. The number of aliphatic hydroxyl groups excluding tert-OH is 1. The molecule has 2 bridgehead atoms. The fourth-order valence-corrected chi connectivity index (χ4v) is 7.34. The maximum Gasteiger partial charge on any atom is 0.312 e. The zero-order chi connectivity index (χ0) is 31.3. The molecule has 1 spiro atoms. The van der Waals surface area contributed by atoms with E-state index in [4.69, 9.17) is 9.47 Å². The molecule has 0 aromatic heterocycles. The van der Waals surface area contributed by atoms with Crippen molar-refractivity contribution in [1.82, 2.24) is 4.90 Å². The van der Waals surface area contributed by atoms with E-state index in [0.717, 1.165) is 25.2 Å². The number of likely N-dealkylation sites (tertiary alicyclic amines) is 1. The third kappa shape index (κ3) is 5.86. The second kappa shape index (κ2) is 14.1. The Morgan fingerprint density at radius 1 is 1.16 bits per heavy atom. The number of fused-ring (bicyclic) bond motifs is 1. The fraction of sp³-hybridized carbons (Fsp3) is 0.618. The molecule has 3 fully saturated rings. The average molecular weight is 596 g/mol. The van der Waals surface area contributed by atoms with E-state index in [0.29, 0.717) is 31.4 Å². The molecular weight excluding hydrogens is 546 g/mol. The lowest BCUT2D eigenvalue weighted by Gasteiger charge is -2.41. The molecule has 7 atom stereocenters. The minimum Gasteiger partial charge on any atom is -0.465 e. The van der Waals surface area contributed by atoms with Gasteiger partial charge in [-0.3, -0.25) is 14.4 Å². The molecule has 2 unspecified atom stereocenters. The van der Waals surface area contributed by atoms with Crippen LogP contribution in [0.3, 0.4) is 0 Å². The lowest BCUT2D eigenvalue weighted by Crippen LogP contribution is -2.60. The molecule has 2 amide bonds. The van der Waals surface area contributed by atoms with Gasteiger partial charge in [-0.2, -0.15) is 0 Å². The van der Waals surface area contributed by atoms with Crippen LogP contribution in [-0.4, -0.2) is 84.4 Å². The summed E-state index contributed by atoms with van der Waals surface area (Å²) in [6.45, 7) is 17.7. The largest absolute Gasteiger partial charge is 0.465 e. The van der Waals surface area contributed by atoms with Crippen molar-refractivity contribution in [2.24, 2.45) is 17.8 Å². The lowest BCUT2D eigenvalue weighted by atomic mass is 9.70. The number of hydrogen-bond donors (Lipinski definition) is 1. The third-order valence-electron chi connectivity index (χ3n) is 9.75. The number of hydrogen-bond acceptors (Lipinski definition) is 7. The Bertz CT molecular complexity index is 1170. The number of unbranched alkanes of at least 4 members (excludes halogenated alkanes) is 1. The number of rotatable bonds is 16. The Morgan fingerprint density at radius 3 is 2.42 bits per heavy atom. The maximum atomic E-state index is 14.8. The lowest BCUT2D eigenvalue weighted by molar-refractivity contribution is -0.156. The second-order valence-electron chi connectivity index (χ2n) is 12.0. The smallest absolute Gasteiger partial charge is 0.312 e. The molecule has 3 saturated heterocycles. The maximum absolute atomic E-state index is 14.8. The van der Waals surface area contributed by atoms with Gasteiger partial charge in [-0.25, -0.2) is 0 Å². The van der Waals surface area contributed by atoms with Crippen molar-refractivity contribution in [2.75, 3.05) is 42.6 Å². The highest BCUT2D eigenvalue weighted by Crippen LogP contribution is 2.59. The van der Waals surface area contributed by atoms with Crippen LogP contribution >= 0.6 is 0 Å². The van der Waals surface area contributed by atoms with Gasteiger partial charge in [0, 0.05) is 31.0 Å². The summed E-state index contributed by atoms with van der Waals surface area (Å²) in [5, 5.41) is 10.6. The first-order chi connectivity index (χ1) is 20.7. The summed E-state index contributed by atoms with van der Waals surface area (Å²) in [5.74, 6) is -2.79. The van der Waals surface area contributed by atoms with E-state index in [1.54, 1.807) is 22.0 Å². The van der Waals surface area contributed by atoms with E-state index in [-0.39, 0.29) is 37.5 Å². The van der Waals surface area contributed by atoms with Gasteiger partial charge in [0.1, 0.15) is 11.6 Å². The molecule has 1 aromatic carbocycles. The average Bonchev–Trinajstić information content (AvgIpc) is 3.66. The summed E-state index contributed by atoms with van der Waals surface area (Å²) >= 11 is 0. The van der Waals surface area contributed by atoms with Crippen molar-refractivity contribution in [3.8, 4) is 0 Å². The molecule has 9 nitrogen and oxygen atoms in total. The van der Waals surface area contributed by atoms with E-state index in [1.165, 1.54) is 0 Å². The first-order valence-electron chi connectivity index (χ1n) is 15.9. The number of nitrogens with zero attached hydrogens (tertiary/aromatic N) is 3. The minimum absolute atomic E-state index is 0.0813. The summed E-state index contributed by atoms with van der Waals surface area (Å²) in [4.78, 5) is 48.1. The second-order valence-corrected chi connectivity index (χ2v) is 12.0. The van der Waals surface area contributed by atoms with E-state index in [2.05, 4.69) is 31.9 Å². The van der Waals surface area contributed by atoms with E-state index >= 15 is 0 Å². The molecule has 4 rings (SSSR count). The number of esters is 1. The van der Waals surface area contributed by atoms with Gasteiger partial charge in [0.05, 0.1) is 37.2 Å². The van der Waals surface area contributed by atoms with E-state index in [9.17, 15) is 19.5 Å². The van der Waals surface area contributed by atoms with Gasteiger partial charge < -0.3 is 29.3 Å². The van der Waals surface area contributed by atoms with Crippen molar-refractivity contribution in [3.63, 3.8) is 0 Å². The summed E-state index contributed by atoms with van der Waals surface area (Å²) in [6.07, 6.45) is 6.05. The molecule has 236 valence electrons. The Morgan fingerprint density at radius 2 is 1.84 bits per heavy atom. The van der Waals surface area contributed by atoms with Crippen LogP contribution in [0.1, 0.15) is 59.8 Å². The molecule has 1 aromatic rings. The zero-order valence-corrected chi connectivity index (χ0v) is 26.2. The van der Waals surface area contributed by atoms with Crippen molar-refractivity contribution in [3.05, 3.63) is 49.6 Å². The molecule has 3 aliphatic heterocycles. The van der Waals surface area contributed by atoms with Crippen LogP contribution in [0.25, 0.3) is 0 Å². The molecule has 9 heteroatoms. The van der Waals surface area contributed by atoms with Crippen LogP contribution < -0.4 is 9.80 Å². The molecule has 0 saturated carbocycles. The number of allylic oxidation sites excluding steroid dienone is 1. The predicted octanol–water partition coefficient (Wildman–Crippen LogP) is 4.34. The van der Waals surface area contributed by atoms with Gasteiger partial charge in [-0.05, 0) is 69.7 Å². The summed E-state index contributed by atoms with van der Waals surface area (Å²) < 4.78 is 12.2. The monoisotopic (exact) mass is 595 g/mol. The summed E-state index contributed by atoms with van der Waals surface area (Å²) in [6, 6.07) is 6.22. The highest BCUT2D eigenvalue weighted by atomic mass is 16.6. The Kier molecular flexibility index (Phi) is 10.7. The Balaban J connectivity index is 1.75. The van der Waals surface area contributed by atoms with Crippen molar-refractivity contribution in [2.45, 2.75) is 83.6 Å². The molecule has 0 radical (unpaired) electrons. The number of benzene rings is 1. The number of anilines is 2. The fourth-order valence-electron chi connectivity index (χ4n) is 7.34. The molecule has 3 aliphatic rings. The number of ether oxygens (including phenoxy) is 2. The van der Waals surface area contributed by atoms with Gasteiger partial charge in [0.15, 0.2) is 0 Å². The van der Waals surface area contributed by atoms with Crippen LogP contribution in [0.5, 0.6) is 0 Å². The molecule has 3 heterocycles. The van der Waals surface area contributed by atoms with Crippen LogP contribution in [-0.2, 0) is 23.9 Å². The Hall–Kier alpha value is -3.17. The van der Waals surface area contributed by atoms with Crippen LogP contribution in [0.2, 0.25) is 0 Å². The van der Waals surface area contributed by atoms with Gasteiger partial charge in [-0.15, -0.1) is 13.2 Å². The van der Waals surface area contributed by atoms with Crippen molar-refractivity contribution >= 4 is 29.2 Å². The SMILES string of the molecule is C=CCCCOC(=O)[C@@H]1[C@H]2C(=O)N([C@@H](CO)[C@@H](C)CC)C(C(=O)N(CC=C)c3ccc(N(CC)CC)cc3)C23CC[C@H]1O3. The predicted molar refractivity (Wildman–Crippen MR) is 168 cm³/mol. The first-order valence-corrected chi connectivity index (χ1v) is 15.9. The number of carbonyl (C=O) groups is 3. The Labute approximate surface area is 256 Å². The first kappa shape index (κ1) is 32.7. The summed E-state index contributed by atoms with van der Waals surface area (Å²) in [5.41, 5.74) is 0.564. The number of carbonyl (C=O) groups excluding carboxylic acids is 3. The molecule has 1 N–H and O–H groups in total. The van der Waals surface area contributed by atoms with Crippen LogP contribution in [0.4, 0.5) is 11.4 Å². The van der Waals surface area contributed by atoms with Gasteiger partial charge >= 0.3 is 5.97 Å². The third-order valence-corrected chi connectivity index (χ3v) is 9.75. The standard InChI is InChI=1S/C34H49N3O6/c1-7-12-13-21-42-33(41)28-27-18-19-34(43-27)29(28)31(39)37(26(22-38)23(6)9-3)30(34)32(40)36(20-8-2)25-16-14-24(15-17-25)35(10-4)11-5/h7-8,14-17,23,26-30,38H,1-2,9-13,18-22H2,3-6H3/t23-,26-,27+,28-,29-,30?,34?/m0/s1. The van der Waals surface area contributed by atoms with E-state index in [1.807, 2.05) is 38.1 Å².